The van der Waals surface area contributed by atoms with Gasteiger partial charge in [-0.05, 0) is 35.9 Å². The van der Waals surface area contributed by atoms with Crippen molar-refractivity contribution in [1.82, 2.24) is 9.55 Å². The van der Waals surface area contributed by atoms with Gasteiger partial charge in [0.05, 0.1) is 6.33 Å². The van der Waals surface area contributed by atoms with Crippen LogP contribution in [0.5, 0.6) is 0 Å². The second-order valence-corrected chi connectivity index (χ2v) is 6.35. The van der Waals surface area contributed by atoms with Gasteiger partial charge in [0.2, 0.25) is 0 Å². The van der Waals surface area contributed by atoms with Gasteiger partial charge in [0.25, 0.3) is 0 Å². The zero-order valence-corrected chi connectivity index (χ0v) is 13.1. The van der Waals surface area contributed by atoms with E-state index in [1.165, 1.54) is 5.56 Å². The molecular formula is C17H17N3OS. The maximum Gasteiger partial charge on any atom is 0.0991 e. The zero-order chi connectivity index (χ0) is 15.4. The third-order valence-corrected chi connectivity index (χ3v) is 4.32. The lowest BCUT2D eigenvalue weighted by Gasteiger charge is -2.09. The van der Waals surface area contributed by atoms with Crippen molar-refractivity contribution in [2.45, 2.75) is 11.4 Å². The molecule has 1 aromatic heterocycles. The topological polar surface area (TPSA) is 46.9 Å². The molecule has 0 saturated carbocycles. The summed E-state index contributed by atoms with van der Waals surface area (Å²) < 4.78 is 13.5. The van der Waals surface area contributed by atoms with Gasteiger partial charge < -0.3 is 9.88 Å². The summed E-state index contributed by atoms with van der Waals surface area (Å²) in [6.45, 7) is 0.726. The Labute approximate surface area is 132 Å². The first-order chi connectivity index (χ1) is 10.7. The predicted molar refractivity (Wildman–Crippen MR) is 89.7 cm³/mol. The molecule has 3 aromatic rings. The van der Waals surface area contributed by atoms with Crippen molar-refractivity contribution >= 4 is 16.5 Å². The highest BCUT2D eigenvalue weighted by Crippen LogP contribution is 2.15. The second-order valence-electron chi connectivity index (χ2n) is 4.97. The number of hydrogen-bond acceptors (Lipinski definition) is 3. The molecule has 1 unspecified atom stereocenters. The Bertz CT molecular complexity index is 767. The van der Waals surface area contributed by atoms with E-state index in [9.17, 15) is 4.21 Å². The normalized spacial score (nSPS) is 12.0. The minimum atomic E-state index is -0.956. The molecule has 0 bridgehead atoms. The SMILES string of the molecule is CS(=O)c1cccc(NCc2ccc(-n3ccnc3)cc2)c1. The van der Waals surface area contributed by atoms with E-state index >= 15 is 0 Å². The summed E-state index contributed by atoms with van der Waals surface area (Å²) in [5.74, 6) is 0. The van der Waals surface area contributed by atoms with Gasteiger partial charge in [-0.3, -0.25) is 4.21 Å². The highest BCUT2D eigenvalue weighted by molar-refractivity contribution is 7.84. The Morgan fingerprint density at radius 1 is 1.18 bits per heavy atom. The molecular weight excluding hydrogens is 294 g/mol. The van der Waals surface area contributed by atoms with Crippen LogP contribution in [0.25, 0.3) is 5.69 Å². The van der Waals surface area contributed by atoms with Crippen molar-refractivity contribution in [1.29, 1.82) is 0 Å². The van der Waals surface area contributed by atoms with Gasteiger partial charge >= 0.3 is 0 Å². The van der Waals surface area contributed by atoms with Crippen LogP contribution < -0.4 is 5.32 Å². The largest absolute Gasteiger partial charge is 0.381 e. The van der Waals surface area contributed by atoms with E-state index in [-0.39, 0.29) is 0 Å². The Morgan fingerprint density at radius 3 is 2.68 bits per heavy atom. The quantitative estimate of drug-likeness (QED) is 0.787. The first-order valence-electron chi connectivity index (χ1n) is 6.97. The average Bonchev–Trinajstić information content (AvgIpc) is 3.08. The number of nitrogens with one attached hydrogen (secondary N) is 1. The Morgan fingerprint density at radius 2 is 2.00 bits per heavy atom. The van der Waals surface area contributed by atoms with E-state index in [4.69, 9.17) is 0 Å². The number of nitrogens with zero attached hydrogens (tertiary/aromatic N) is 2. The van der Waals surface area contributed by atoms with Gasteiger partial charge in [0.1, 0.15) is 0 Å². The molecule has 0 aliphatic rings. The third kappa shape index (κ3) is 3.43. The molecule has 1 atom stereocenters. The van der Waals surface area contributed by atoms with Crippen molar-refractivity contribution in [3.05, 3.63) is 72.8 Å². The number of rotatable bonds is 5. The van der Waals surface area contributed by atoms with E-state index in [0.717, 1.165) is 22.8 Å². The molecule has 1 N–H and O–H groups in total. The smallest absolute Gasteiger partial charge is 0.0991 e. The lowest BCUT2D eigenvalue weighted by Crippen LogP contribution is -2.00. The lowest BCUT2D eigenvalue weighted by molar-refractivity contribution is 0.687. The fourth-order valence-electron chi connectivity index (χ4n) is 2.19. The van der Waals surface area contributed by atoms with Crippen LogP contribution in [-0.2, 0) is 17.3 Å². The summed E-state index contributed by atoms with van der Waals surface area (Å²) in [4.78, 5) is 4.88. The molecule has 0 spiro atoms. The zero-order valence-electron chi connectivity index (χ0n) is 12.3. The highest BCUT2D eigenvalue weighted by atomic mass is 32.2. The third-order valence-electron chi connectivity index (χ3n) is 3.40. The van der Waals surface area contributed by atoms with E-state index in [2.05, 4.69) is 34.6 Å². The molecule has 5 heteroatoms. The van der Waals surface area contributed by atoms with E-state index in [1.54, 1.807) is 18.8 Å². The van der Waals surface area contributed by atoms with Gasteiger partial charge in [-0.15, -0.1) is 0 Å². The van der Waals surface area contributed by atoms with Gasteiger partial charge in [-0.2, -0.15) is 0 Å². The standard InChI is InChI=1S/C17H17N3OS/c1-22(21)17-4-2-3-15(11-17)19-12-14-5-7-16(8-6-14)20-10-9-18-13-20/h2-11,13,19H,12H2,1H3. The predicted octanol–water partition coefficient (Wildman–Crippen LogP) is 3.22. The molecule has 112 valence electrons. The average molecular weight is 311 g/mol. The fraction of sp³-hybridized carbons (Fsp3) is 0.118. The number of benzene rings is 2. The van der Waals surface area contributed by atoms with Crippen LogP contribution in [-0.4, -0.2) is 20.0 Å². The summed E-state index contributed by atoms with van der Waals surface area (Å²) >= 11 is 0. The molecule has 0 aliphatic carbocycles. The Hall–Kier alpha value is -2.40. The summed E-state index contributed by atoms with van der Waals surface area (Å²) in [6.07, 6.45) is 7.15. The molecule has 22 heavy (non-hydrogen) atoms. The molecule has 0 saturated heterocycles. The van der Waals surface area contributed by atoms with Gasteiger partial charge in [-0.25, -0.2) is 4.98 Å². The minimum absolute atomic E-state index is 0.726. The Balaban J connectivity index is 1.66. The summed E-state index contributed by atoms with van der Waals surface area (Å²) in [5, 5.41) is 3.36. The summed E-state index contributed by atoms with van der Waals surface area (Å²) in [5.41, 5.74) is 3.25. The van der Waals surface area contributed by atoms with Crippen molar-refractivity contribution in [2.75, 3.05) is 11.6 Å². The van der Waals surface area contributed by atoms with E-state index < -0.39 is 10.8 Å². The molecule has 0 fully saturated rings. The number of hydrogen-bond donors (Lipinski definition) is 1. The molecule has 0 aliphatic heterocycles. The first-order valence-corrected chi connectivity index (χ1v) is 8.53. The van der Waals surface area contributed by atoms with E-state index in [0.29, 0.717) is 0 Å². The molecule has 2 aromatic carbocycles. The summed E-state index contributed by atoms with van der Waals surface area (Å²) in [6, 6.07) is 16.0. The van der Waals surface area contributed by atoms with Crippen LogP contribution in [0.3, 0.4) is 0 Å². The number of imidazole rings is 1. The fourth-order valence-corrected chi connectivity index (χ4v) is 2.75. The van der Waals surface area contributed by atoms with Crippen molar-refractivity contribution < 1.29 is 4.21 Å². The van der Waals surface area contributed by atoms with Gasteiger partial charge in [0.15, 0.2) is 0 Å². The van der Waals surface area contributed by atoms with Crippen molar-refractivity contribution in [3.8, 4) is 5.69 Å². The Kier molecular flexibility index (Phi) is 4.34. The van der Waals surface area contributed by atoms with Crippen LogP contribution in [0.1, 0.15) is 5.56 Å². The molecule has 0 radical (unpaired) electrons. The molecule has 1 heterocycles. The highest BCUT2D eigenvalue weighted by Gasteiger charge is 2.00. The van der Waals surface area contributed by atoms with Crippen LogP contribution >= 0.6 is 0 Å². The summed E-state index contributed by atoms with van der Waals surface area (Å²) in [7, 11) is -0.956. The lowest BCUT2D eigenvalue weighted by atomic mass is 10.2. The molecule has 0 amide bonds. The molecule has 4 nitrogen and oxygen atoms in total. The minimum Gasteiger partial charge on any atom is -0.381 e. The van der Waals surface area contributed by atoms with Gasteiger partial charge in [0, 0.05) is 52.3 Å². The van der Waals surface area contributed by atoms with Crippen LogP contribution in [0.2, 0.25) is 0 Å². The van der Waals surface area contributed by atoms with Crippen LogP contribution in [0.15, 0.2) is 72.1 Å². The van der Waals surface area contributed by atoms with Crippen molar-refractivity contribution in [2.24, 2.45) is 0 Å². The number of aromatic nitrogens is 2. The monoisotopic (exact) mass is 311 g/mol. The van der Waals surface area contributed by atoms with Crippen LogP contribution in [0, 0.1) is 0 Å². The maximum atomic E-state index is 11.5. The van der Waals surface area contributed by atoms with E-state index in [1.807, 2.05) is 35.0 Å². The second kappa shape index (κ2) is 6.58. The maximum absolute atomic E-state index is 11.5. The van der Waals surface area contributed by atoms with Crippen LogP contribution in [0.4, 0.5) is 5.69 Å². The number of anilines is 1. The van der Waals surface area contributed by atoms with Crippen molar-refractivity contribution in [3.63, 3.8) is 0 Å². The van der Waals surface area contributed by atoms with Gasteiger partial charge in [-0.1, -0.05) is 18.2 Å². The molecule has 3 rings (SSSR count). The first kappa shape index (κ1) is 14.5.